The third-order valence-corrected chi connectivity index (χ3v) is 3.07. The van der Waals surface area contributed by atoms with Crippen molar-refractivity contribution in [3.8, 4) is 0 Å². The van der Waals surface area contributed by atoms with Crippen LogP contribution in [0.3, 0.4) is 0 Å². The molecule has 0 amide bonds. The molecule has 0 bridgehead atoms. The topological polar surface area (TPSA) is 29.9 Å². The van der Waals surface area contributed by atoms with Crippen LogP contribution in [0, 0.1) is 5.92 Å². The van der Waals surface area contributed by atoms with Crippen LogP contribution in [0.15, 0.2) is 12.3 Å². The molecular weight excluding hydrogens is 174 g/mol. The van der Waals surface area contributed by atoms with Crippen LogP contribution in [0.4, 0.5) is 0 Å². The van der Waals surface area contributed by atoms with Gasteiger partial charge in [0.15, 0.2) is 0 Å². The van der Waals surface area contributed by atoms with Crippen molar-refractivity contribution in [2.75, 3.05) is 6.54 Å². The Labute approximate surface area is 85.5 Å². The first-order valence-electron chi connectivity index (χ1n) is 5.56. The average Bonchev–Trinajstić information content (AvgIpc) is 2.65. The van der Waals surface area contributed by atoms with Gasteiger partial charge in [0.25, 0.3) is 0 Å². The molecule has 3 nitrogen and oxygen atoms in total. The number of piperidine rings is 1. The molecule has 0 spiro atoms. The molecule has 78 valence electrons. The second kappa shape index (κ2) is 4.13. The normalized spacial score (nSPS) is 27.9. The number of hydrogen-bond donors (Lipinski definition) is 1. The molecule has 2 rings (SSSR count). The molecule has 1 aliphatic heterocycles. The number of hydrogen-bond acceptors (Lipinski definition) is 2. The van der Waals surface area contributed by atoms with E-state index in [4.69, 9.17) is 0 Å². The molecule has 2 heterocycles. The fourth-order valence-electron chi connectivity index (χ4n) is 2.24. The number of aromatic nitrogens is 2. The molecule has 0 saturated carbocycles. The predicted octanol–water partition coefficient (Wildman–Crippen LogP) is 1.96. The molecule has 0 radical (unpaired) electrons. The van der Waals surface area contributed by atoms with Gasteiger partial charge in [-0.05, 0) is 38.3 Å². The van der Waals surface area contributed by atoms with E-state index in [0.29, 0.717) is 6.04 Å². The van der Waals surface area contributed by atoms with E-state index in [1.54, 1.807) is 0 Å². The van der Waals surface area contributed by atoms with Crippen molar-refractivity contribution in [3.63, 3.8) is 0 Å². The molecule has 1 aromatic heterocycles. The lowest BCUT2D eigenvalue weighted by Crippen LogP contribution is -2.32. The molecule has 2 unspecified atom stereocenters. The van der Waals surface area contributed by atoms with E-state index in [2.05, 4.69) is 35.0 Å². The zero-order valence-electron chi connectivity index (χ0n) is 9.03. The minimum absolute atomic E-state index is 0.515. The zero-order valence-corrected chi connectivity index (χ0v) is 9.03. The highest BCUT2D eigenvalue weighted by atomic mass is 15.3. The number of rotatable bonds is 2. The van der Waals surface area contributed by atoms with E-state index in [0.717, 1.165) is 19.0 Å². The summed E-state index contributed by atoms with van der Waals surface area (Å²) in [5.74, 6) is 0.835. The minimum Gasteiger partial charge on any atom is -0.309 e. The lowest BCUT2D eigenvalue weighted by Gasteiger charge is -2.28. The maximum absolute atomic E-state index is 4.31. The van der Waals surface area contributed by atoms with E-state index >= 15 is 0 Å². The smallest absolute Gasteiger partial charge is 0.0553 e. The third-order valence-electron chi connectivity index (χ3n) is 3.07. The summed E-state index contributed by atoms with van der Waals surface area (Å²) in [6, 6.07) is 2.65. The van der Waals surface area contributed by atoms with Crippen molar-refractivity contribution in [1.82, 2.24) is 15.1 Å². The summed E-state index contributed by atoms with van der Waals surface area (Å²) >= 11 is 0. The van der Waals surface area contributed by atoms with Crippen molar-refractivity contribution >= 4 is 0 Å². The summed E-state index contributed by atoms with van der Waals surface area (Å²) in [6.07, 6.45) is 4.45. The molecule has 2 atom stereocenters. The molecule has 14 heavy (non-hydrogen) atoms. The third kappa shape index (κ3) is 1.82. The predicted molar refractivity (Wildman–Crippen MR) is 57.0 cm³/mol. The highest BCUT2D eigenvalue weighted by molar-refractivity contribution is 5.08. The summed E-state index contributed by atoms with van der Waals surface area (Å²) < 4.78 is 2.09. The first kappa shape index (κ1) is 9.71. The van der Waals surface area contributed by atoms with E-state index in [-0.39, 0.29) is 0 Å². The van der Waals surface area contributed by atoms with Crippen molar-refractivity contribution in [3.05, 3.63) is 18.0 Å². The van der Waals surface area contributed by atoms with Gasteiger partial charge in [-0.15, -0.1) is 0 Å². The van der Waals surface area contributed by atoms with Gasteiger partial charge in [-0.25, -0.2) is 0 Å². The van der Waals surface area contributed by atoms with Gasteiger partial charge in [-0.1, -0.05) is 6.92 Å². The summed E-state index contributed by atoms with van der Waals surface area (Å²) in [5.41, 5.74) is 1.35. The molecule has 1 aromatic rings. The quantitative estimate of drug-likeness (QED) is 0.778. The summed E-state index contributed by atoms with van der Waals surface area (Å²) in [4.78, 5) is 0. The van der Waals surface area contributed by atoms with Gasteiger partial charge < -0.3 is 5.32 Å². The lowest BCUT2D eigenvalue weighted by atomic mass is 9.92. The molecule has 0 aliphatic carbocycles. The van der Waals surface area contributed by atoms with Gasteiger partial charge in [0.05, 0.1) is 5.69 Å². The highest BCUT2D eigenvalue weighted by Crippen LogP contribution is 2.26. The number of aryl methyl sites for hydroxylation is 1. The number of nitrogens with one attached hydrogen (secondary N) is 1. The van der Waals surface area contributed by atoms with Crippen LogP contribution in [0.5, 0.6) is 0 Å². The highest BCUT2D eigenvalue weighted by Gasteiger charge is 2.21. The Morgan fingerprint density at radius 3 is 3.21 bits per heavy atom. The van der Waals surface area contributed by atoms with Crippen LogP contribution in [0.1, 0.15) is 38.4 Å². The largest absolute Gasteiger partial charge is 0.309 e. The Hall–Kier alpha value is -0.830. The number of nitrogens with zero attached hydrogens (tertiary/aromatic N) is 2. The molecular formula is C11H19N3. The fourth-order valence-corrected chi connectivity index (χ4v) is 2.24. The van der Waals surface area contributed by atoms with Crippen molar-refractivity contribution in [2.24, 2.45) is 5.92 Å². The van der Waals surface area contributed by atoms with E-state index in [1.807, 2.05) is 6.20 Å². The van der Waals surface area contributed by atoms with Gasteiger partial charge in [0.1, 0.15) is 0 Å². The maximum Gasteiger partial charge on any atom is 0.0553 e. The SMILES string of the molecule is CCn1nccc1C1CC(C)CCN1. The van der Waals surface area contributed by atoms with Crippen LogP contribution in [-0.2, 0) is 6.54 Å². The summed E-state index contributed by atoms with van der Waals surface area (Å²) in [7, 11) is 0. The zero-order chi connectivity index (χ0) is 9.97. The minimum atomic E-state index is 0.515. The van der Waals surface area contributed by atoms with Crippen molar-refractivity contribution < 1.29 is 0 Å². The summed E-state index contributed by atoms with van der Waals surface area (Å²) in [5, 5.41) is 7.88. The van der Waals surface area contributed by atoms with E-state index in [9.17, 15) is 0 Å². The molecule has 1 saturated heterocycles. The lowest BCUT2D eigenvalue weighted by molar-refractivity contribution is 0.312. The average molecular weight is 193 g/mol. The second-order valence-electron chi connectivity index (χ2n) is 4.21. The Bertz CT molecular complexity index is 292. The van der Waals surface area contributed by atoms with Crippen LogP contribution in [0.2, 0.25) is 0 Å². The van der Waals surface area contributed by atoms with Gasteiger partial charge >= 0.3 is 0 Å². The molecule has 1 aliphatic rings. The second-order valence-corrected chi connectivity index (χ2v) is 4.21. The molecule has 0 aromatic carbocycles. The van der Waals surface area contributed by atoms with Gasteiger partial charge in [0.2, 0.25) is 0 Å². The van der Waals surface area contributed by atoms with Crippen molar-refractivity contribution in [2.45, 2.75) is 39.3 Å². The molecule has 1 N–H and O–H groups in total. The van der Waals surface area contributed by atoms with E-state index in [1.165, 1.54) is 18.5 Å². The maximum atomic E-state index is 4.31. The van der Waals surface area contributed by atoms with Crippen molar-refractivity contribution in [1.29, 1.82) is 0 Å². The fraction of sp³-hybridized carbons (Fsp3) is 0.727. The van der Waals surface area contributed by atoms with Crippen LogP contribution >= 0.6 is 0 Å². The van der Waals surface area contributed by atoms with Crippen LogP contribution in [0.25, 0.3) is 0 Å². The standard InChI is InChI=1S/C11H19N3/c1-3-14-11(5-7-13-14)10-8-9(2)4-6-12-10/h5,7,9-10,12H,3-4,6,8H2,1-2H3. The van der Waals surface area contributed by atoms with Crippen LogP contribution in [-0.4, -0.2) is 16.3 Å². The Balaban J connectivity index is 2.13. The first-order valence-corrected chi connectivity index (χ1v) is 5.56. The molecule has 1 fully saturated rings. The van der Waals surface area contributed by atoms with Crippen LogP contribution < -0.4 is 5.32 Å². The van der Waals surface area contributed by atoms with Gasteiger partial charge in [0, 0.05) is 18.8 Å². The summed E-state index contributed by atoms with van der Waals surface area (Å²) in [6.45, 7) is 6.58. The molecule has 3 heteroatoms. The van der Waals surface area contributed by atoms with E-state index < -0.39 is 0 Å². The first-order chi connectivity index (χ1) is 6.81. The monoisotopic (exact) mass is 193 g/mol. The Morgan fingerprint density at radius 2 is 2.50 bits per heavy atom. The Morgan fingerprint density at radius 1 is 1.64 bits per heavy atom. The van der Waals surface area contributed by atoms with Gasteiger partial charge in [-0.3, -0.25) is 4.68 Å². The van der Waals surface area contributed by atoms with Gasteiger partial charge in [-0.2, -0.15) is 5.10 Å². The Kier molecular flexibility index (Phi) is 2.87.